The number of carboxylic acid groups (broad SMARTS) is 2. The second-order valence-electron chi connectivity index (χ2n) is 11.8. The number of aromatic nitrogens is 2. The van der Waals surface area contributed by atoms with Crippen molar-refractivity contribution in [3.8, 4) is 0 Å². The number of amides is 4. The molecule has 254 valence electrons. The molecule has 1 rings (SSSR count). The Hall–Kier alpha value is -4.05. The van der Waals surface area contributed by atoms with E-state index in [1.54, 1.807) is 40.8 Å². The van der Waals surface area contributed by atoms with E-state index in [0.717, 1.165) is 4.90 Å². The molecule has 0 unspecified atom stereocenters. The molecule has 0 aliphatic carbocycles. The van der Waals surface area contributed by atoms with Crippen molar-refractivity contribution in [1.82, 2.24) is 30.8 Å². The summed E-state index contributed by atoms with van der Waals surface area (Å²) >= 11 is 0. The summed E-state index contributed by atoms with van der Waals surface area (Å²) in [7, 11) is 0. The van der Waals surface area contributed by atoms with Gasteiger partial charge in [-0.2, -0.15) is 0 Å². The molecule has 0 fully saturated rings. The molecule has 1 aromatic rings. The first-order valence-electron chi connectivity index (χ1n) is 15.1. The zero-order valence-corrected chi connectivity index (χ0v) is 26.8. The molecular weight excluding hydrogens is 590 g/mol. The lowest BCUT2D eigenvalue weighted by atomic mass is 10.00. The van der Waals surface area contributed by atoms with E-state index in [9.17, 15) is 39.0 Å². The fraction of sp³-hybridized carbons (Fsp3) is 0.690. The number of nitrogens with one attached hydrogen (secondary N) is 4. The summed E-state index contributed by atoms with van der Waals surface area (Å²) in [5.41, 5.74) is 6.44. The average Bonchev–Trinajstić information content (AvgIpc) is 3.46. The zero-order chi connectivity index (χ0) is 34.4. The molecule has 0 aliphatic rings. The van der Waals surface area contributed by atoms with Crippen LogP contribution >= 0.6 is 0 Å². The first kappa shape index (κ1) is 39.0. The third kappa shape index (κ3) is 12.8. The standard InChI is InChI=1S/C29H49N7O9/c1-7-10-36(21(29(44)45)8-9-22(38)39)28(43)24(17(6)37)35-26(41)19(11-15(2)3)33-25(40)20(12-18-13-31-14-32-18)34-27(42)23(30)16(4)5/h13-17,19-21,23-24,37H,7-12,30H2,1-6H3,(H,31,32)(H,33,40)(H,34,42)(H,35,41)(H,38,39)(H,44,45)/t17-,19+,20+,21+,23+,24+/m1/s1. The number of hydrogen-bond acceptors (Lipinski definition) is 9. The Balaban J connectivity index is 3.30. The van der Waals surface area contributed by atoms with Crippen LogP contribution in [0.1, 0.15) is 72.9 Å². The number of carbonyl (C=O) groups excluding carboxylic acids is 4. The minimum atomic E-state index is -1.61. The lowest BCUT2D eigenvalue weighted by Crippen LogP contribution is -2.61. The molecule has 0 radical (unpaired) electrons. The number of nitrogens with two attached hydrogens (primary N) is 1. The van der Waals surface area contributed by atoms with Gasteiger partial charge in [-0.25, -0.2) is 9.78 Å². The van der Waals surface area contributed by atoms with Crippen LogP contribution in [0.2, 0.25) is 0 Å². The molecule has 45 heavy (non-hydrogen) atoms. The van der Waals surface area contributed by atoms with Crippen molar-refractivity contribution in [2.45, 2.75) is 110 Å². The Labute approximate surface area is 262 Å². The lowest BCUT2D eigenvalue weighted by Gasteiger charge is -2.34. The second-order valence-corrected chi connectivity index (χ2v) is 11.8. The number of aliphatic hydroxyl groups is 1. The first-order chi connectivity index (χ1) is 21.0. The number of aliphatic hydroxyl groups excluding tert-OH is 1. The second kappa shape index (κ2) is 18.7. The summed E-state index contributed by atoms with van der Waals surface area (Å²) in [6.07, 6.45) is 0.996. The third-order valence-electron chi connectivity index (χ3n) is 7.05. The van der Waals surface area contributed by atoms with E-state index >= 15 is 0 Å². The lowest BCUT2D eigenvalue weighted by molar-refractivity contribution is -0.154. The third-order valence-corrected chi connectivity index (χ3v) is 7.05. The summed E-state index contributed by atoms with van der Waals surface area (Å²) < 4.78 is 0. The number of aliphatic carboxylic acids is 2. The summed E-state index contributed by atoms with van der Waals surface area (Å²) in [6.45, 7) is 9.96. The van der Waals surface area contributed by atoms with E-state index in [1.165, 1.54) is 13.3 Å². The van der Waals surface area contributed by atoms with Gasteiger partial charge in [0, 0.05) is 25.6 Å². The van der Waals surface area contributed by atoms with E-state index in [0.29, 0.717) is 12.1 Å². The van der Waals surface area contributed by atoms with Crippen LogP contribution < -0.4 is 21.7 Å². The van der Waals surface area contributed by atoms with Crippen molar-refractivity contribution in [2.24, 2.45) is 17.6 Å². The maximum Gasteiger partial charge on any atom is 0.326 e. The predicted molar refractivity (Wildman–Crippen MR) is 162 cm³/mol. The summed E-state index contributed by atoms with van der Waals surface area (Å²) in [5.74, 6) is -6.04. The van der Waals surface area contributed by atoms with Gasteiger partial charge >= 0.3 is 11.9 Å². The van der Waals surface area contributed by atoms with Crippen molar-refractivity contribution in [3.05, 3.63) is 18.2 Å². The van der Waals surface area contributed by atoms with Crippen molar-refractivity contribution in [1.29, 1.82) is 0 Å². The van der Waals surface area contributed by atoms with E-state index in [4.69, 9.17) is 10.8 Å². The van der Waals surface area contributed by atoms with Crippen molar-refractivity contribution in [2.75, 3.05) is 6.54 Å². The topological polar surface area (TPSA) is 257 Å². The van der Waals surface area contributed by atoms with Gasteiger partial charge in [-0.1, -0.05) is 34.6 Å². The molecule has 4 amide bonds. The van der Waals surface area contributed by atoms with Gasteiger partial charge in [-0.3, -0.25) is 24.0 Å². The van der Waals surface area contributed by atoms with E-state index in [-0.39, 0.29) is 37.6 Å². The summed E-state index contributed by atoms with van der Waals surface area (Å²) in [4.78, 5) is 84.3. The molecule has 0 bridgehead atoms. The predicted octanol–water partition coefficient (Wildman–Crippen LogP) is -0.627. The quantitative estimate of drug-likeness (QED) is 0.0891. The number of rotatable bonds is 20. The molecular formula is C29H49N7O9. The zero-order valence-electron chi connectivity index (χ0n) is 26.8. The smallest absolute Gasteiger partial charge is 0.326 e. The van der Waals surface area contributed by atoms with Crippen LogP contribution in [-0.2, 0) is 35.2 Å². The maximum atomic E-state index is 13.6. The summed E-state index contributed by atoms with van der Waals surface area (Å²) in [6, 6.07) is -6.39. The van der Waals surface area contributed by atoms with Crippen molar-refractivity contribution >= 4 is 35.6 Å². The number of aromatic amines is 1. The number of carboxylic acids is 2. The Bertz CT molecular complexity index is 1140. The average molecular weight is 640 g/mol. The van der Waals surface area contributed by atoms with Gasteiger partial charge in [-0.15, -0.1) is 0 Å². The van der Waals surface area contributed by atoms with Crippen LogP contribution in [0.3, 0.4) is 0 Å². The fourth-order valence-electron chi connectivity index (χ4n) is 4.52. The van der Waals surface area contributed by atoms with Crippen LogP contribution in [0.25, 0.3) is 0 Å². The Morgan fingerprint density at radius 3 is 2.02 bits per heavy atom. The van der Waals surface area contributed by atoms with E-state index in [1.807, 2.05) is 0 Å². The van der Waals surface area contributed by atoms with Gasteiger partial charge in [-0.05, 0) is 38.0 Å². The Morgan fingerprint density at radius 1 is 0.956 bits per heavy atom. The molecule has 6 atom stereocenters. The van der Waals surface area contributed by atoms with Gasteiger partial charge in [0.15, 0.2) is 0 Å². The van der Waals surface area contributed by atoms with Crippen LogP contribution in [0.4, 0.5) is 0 Å². The molecule has 0 saturated carbocycles. The van der Waals surface area contributed by atoms with Gasteiger partial charge < -0.3 is 46.9 Å². The highest BCUT2D eigenvalue weighted by atomic mass is 16.4. The molecule has 16 nitrogen and oxygen atoms in total. The molecule has 0 spiro atoms. The maximum absolute atomic E-state index is 13.6. The fourth-order valence-corrected chi connectivity index (χ4v) is 4.52. The molecule has 16 heteroatoms. The molecule has 1 aromatic heterocycles. The highest BCUT2D eigenvalue weighted by Crippen LogP contribution is 2.14. The Morgan fingerprint density at radius 2 is 1.56 bits per heavy atom. The van der Waals surface area contributed by atoms with Crippen molar-refractivity contribution < 1.29 is 44.1 Å². The van der Waals surface area contributed by atoms with E-state index in [2.05, 4.69) is 25.9 Å². The normalized spacial score (nSPS) is 15.3. The molecule has 0 saturated heterocycles. The molecule has 9 N–H and O–H groups in total. The van der Waals surface area contributed by atoms with Gasteiger partial charge in [0.2, 0.25) is 23.6 Å². The van der Waals surface area contributed by atoms with Crippen LogP contribution in [0, 0.1) is 11.8 Å². The van der Waals surface area contributed by atoms with Gasteiger partial charge in [0.25, 0.3) is 0 Å². The summed E-state index contributed by atoms with van der Waals surface area (Å²) in [5, 5.41) is 37.0. The van der Waals surface area contributed by atoms with E-state index < -0.39 is 78.3 Å². The highest BCUT2D eigenvalue weighted by molar-refractivity contribution is 5.95. The number of hydrogen-bond donors (Lipinski definition) is 8. The monoisotopic (exact) mass is 639 g/mol. The molecule has 0 aliphatic heterocycles. The minimum absolute atomic E-state index is 0.0183. The number of nitrogens with zero attached hydrogens (tertiary/aromatic N) is 2. The van der Waals surface area contributed by atoms with Gasteiger partial charge in [0.1, 0.15) is 24.2 Å². The van der Waals surface area contributed by atoms with Crippen LogP contribution in [0.5, 0.6) is 0 Å². The van der Waals surface area contributed by atoms with Crippen molar-refractivity contribution in [3.63, 3.8) is 0 Å². The SMILES string of the molecule is CCCN(C(=O)[C@@H](NC(=O)[C@H](CC(C)C)NC(=O)[C@H](Cc1c[nH]cn1)NC(=O)[C@@H](N)C(C)C)[C@@H](C)O)[C@@H](CCC(=O)O)C(=O)O. The number of carbonyl (C=O) groups is 6. The van der Waals surface area contributed by atoms with Crippen LogP contribution in [-0.4, -0.2) is 109 Å². The Kier molecular flexibility index (Phi) is 16.2. The number of H-pyrrole nitrogens is 1. The number of imidazole rings is 1. The first-order valence-corrected chi connectivity index (χ1v) is 15.1. The molecule has 0 aromatic carbocycles. The highest BCUT2D eigenvalue weighted by Gasteiger charge is 2.38. The minimum Gasteiger partial charge on any atom is -0.481 e. The van der Waals surface area contributed by atoms with Gasteiger partial charge in [0.05, 0.1) is 24.2 Å². The largest absolute Gasteiger partial charge is 0.481 e. The molecule has 1 heterocycles. The van der Waals surface area contributed by atoms with Crippen LogP contribution in [0.15, 0.2) is 12.5 Å².